The molecule has 0 heterocycles. The molecular formula is C4Br2Cl4F4. The van der Waals surface area contributed by atoms with Gasteiger partial charge in [-0.2, -0.15) is 17.6 Å². The van der Waals surface area contributed by atoms with Gasteiger partial charge in [-0.1, -0.05) is 46.4 Å². The smallest absolute Gasteiger partial charge is 0.196 e. The fourth-order valence-corrected chi connectivity index (χ4v) is 1.33. The summed E-state index contributed by atoms with van der Waals surface area (Å²) in [5, 5.41) is 0. The average Bonchev–Trinajstić information content (AvgIpc) is 1.81. The number of hydrogen-bond donors (Lipinski definition) is 0. The van der Waals surface area contributed by atoms with Gasteiger partial charge in [0.2, 0.25) is 2.69 Å². The summed E-state index contributed by atoms with van der Waals surface area (Å²) in [5.74, 6) is -9.76. The molecule has 0 saturated heterocycles. The SMILES string of the molecule is FC(F)(C(Cl)(Cl)Cl)C(F)(F)C(Cl)(Br)Br. The van der Waals surface area contributed by atoms with Crippen LogP contribution in [-0.2, 0) is 0 Å². The predicted molar refractivity (Wildman–Crippen MR) is 56.6 cm³/mol. The Labute approximate surface area is 113 Å². The lowest BCUT2D eigenvalue weighted by atomic mass is 10.2. The van der Waals surface area contributed by atoms with Gasteiger partial charge < -0.3 is 0 Å². The van der Waals surface area contributed by atoms with Gasteiger partial charge in [-0.05, 0) is 31.9 Å². The fraction of sp³-hybridized carbons (Fsp3) is 1.00. The van der Waals surface area contributed by atoms with Crippen molar-refractivity contribution in [2.24, 2.45) is 0 Å². The molecule has 0 radical (unpaired) electrons. The van der Waals surface area contributed by atoms with Crippen LogP contribution in [0, 0.1) is 0 Å². The monoisotopic (exact) mass is 422 g/mol. The Balaban J connectivity index is 5.30. The highest BCUT2D eigenvalue weighted by atomic mass is 79.9. The van der Waals surface area contributed by atoms with Crippen molar-refractivity contribution in [2.75, 3.05) is 0 Å². The van der Waals surface area contributed by atoms with E-state index in [0.29, 0.717) is 0 Å². The lowest BCUT2D eigenvalue weighted by molar-refractivity contribution is -0.199. The van der Waals surface area contributed by atoms with Crippen LogP contribution in [0.15, 0.2) is 0 Å². The second-order valence-electron chi connectivity index (χ2n) is 2.14. The van der Waals surface area contributed by atoms with Gasteiger partial charge in [0.25, 0.3) is 3.79 Å². The Morgan fingerprint density at radius 3 is 1.07 bits per heavy atom. The van der Waals surface area contributed by atoms with Gasteiger partial charge in [-0.15, -0.1) is 0 Å². The van der Waals surface area contributed by atoms with E-state index in [9.17, 15) is 17.6 Å². The van der Waals surface area contributed by atoms with E-state index in [1.165, 1.54) is 0 Å². The molecule has 0 nitrogen and oxygen atoms in total. The molecule has 0 aromatic carbocycles. The molecule has 0 atom stereocenters. The first-order chi connectivity index (χ1) is 5.75. The van der Waals surface area contributed by atoms with Crippen molar-refractivity contribution >= 4 is 78.3 Å². The second-order valence-corrected chi connectivity index (χ2v) is 9.35. The first-order valence-electron chi connectivity index (χ1n) is 2.64. The van der Waals surface area contributed by atoms with Crippen molar-refractivity contribution in [1.29, 1.82) is 0 Å². The molecule has 0 saturated carbocycles. The van der Waals surface area contributed by atoms with Gasteiger partial charge in [0.15, 0.2) is 0 Å². The first kappa shape index (κ1) is 15.8. The maximum Gasteiger partial charge on any atom is 0.359 e. The highest BCUT2D eigenvalue weighted by Gasteiger charge is 2.74. The molecule has 0 spiro atoms. The number of alkyl halides is 10. The maximum atomic E-state index is 13.0. The molecule has 0 bridgehead atoms. The van der Waals surface area contributed by atoms with Crippen LogP contribution in [0.3, 0.4) is 0 Å². The van der Waals surface area contributed by atoms with E-state index in [1.54, 1.807) is 0 Å². The molecule has 0 aliphatic heterocycles. The average molecular weight is 426 g/mol. The van der Waals surface area contributed by atoms with Gasteiger partial charge in [-0.3, -0.25) is 0 Å². The Kier molecular flexibility index (Phi) is 4.82. The minimum Gasteiger partial charge on any atom is -0.196 e. The molecule has 10 heteroatoms. The van der Waals surface area contributed by atoms with Gasteiger partial charge in [0.1, 0.15) is 0 Å². The van der Waals surface area contributed by atoms with Crippen LogP contribution in [0.1, 0.15) is 0 Å². The van der Waals surface area contributed by atoms with Crippen LogP contribution in [0.2, 0.25) is 0 Å². The Morgan fingerprint density at radius 2 is 1.00 bits per heavy atom. The lowest BCUT2D eigenvalue weighted by Gasteiger charge is -2.35. The number of halogens is 10. The Morgan fingerprint density at radius 1 is 0.714 bits per heavy atom. The molecule has 0 aliphatic rings. The van der Waals surface area contributed by atoms with E-state index in [2.05, 4.69) is 31.9 Å². The van der Waals surface area contributed by atoms with E-state index >= 15 is 0 Å². The summed E-state index contributed by atoms with van der Waals surface area (Å²) >= 11 is 23.3. The van der Waals surface area contributed by atoms with Gasteiger partial charge in [0, 0.05) is 0 Å². The molecule has 0 aliphatic carbocycles. The molecular weight excluding hydrogens is 426 g/mol. The summed E-state index contributed by atoms with van der Waals surface area (Å²) < 4.78 is 45.4. The molecule has 0 amide bonds. The van der Waals surface area contributed by atoms with Crippen LogP contribution in [-0.4, -0.2) is 18.3 Å². The summed E-state index contributed by atoms with van der Waals surface area (Å²) in [6.07, 6.45) is 0. The maximum absolute atomic E-state index is 13.0. The van der Waals surface area contributed by atoms with Gasteiger partial charge in [0.05, 0.1) is 0 Å². The zero-order valence-corrected chi connectivity index (χ0v) is 12.0. The van der Waals surface area contributed by atoms with Crippen LogP contribution in [0.25, 0.3) is 0 Å². The molecule has 86 valence electrons. The fourth-order valence-electron chi connectivity index (χ4n) is 0.356. The number of rotatable bonds is 2. The standard InChI is InChI=1S/C4Br2Cl4F4/c5-3(6,7)1(11,12)2(13,14)4(8,9)10. The minimum absolute atomic E-state index is 2.10. The van der Waals surface area contributed by atoms with Crippen molar-refractivity contribution in [3.8, 4) is 0 Å². The Bertz CT molecular complexity index is 196. The topological polar surface area (TPSA) is 0 Å². The predicted octanol–water partition coefficient (Wildman–Crippen LogP) is 5.31. The normalized spacial score (nSPS) is 15.9. The van der Waals surface area contributed by atoms with Crippen LogP contribution in [0.5, 0.6) is 0 Å². The van der Waals surface area contributed by atoms with Gasteiger partial charge >= 0.3 is 11.8 Å². The van der Waals surface area contributed by atoms with Crippen molar-refractivity contribution in [3.63, 3.8) is 0 Å². The third-order valence-electron chi connectivity index (χ3n) is 1.11. The largest absolute Gasteiger partial charge is 0.359 e. The molecule has 0 unspecified atom stereocenters. The molecule has 0 aromatic heterocycles. The van der Waals surface area contributed by atoms with Crippen LogP contribution >= 0.6 is 78.3 Å². The van der Waals surface area contributed by atoms with Crippen molar-refractivity contribution < 1.29 is 17.6 Å². The zero-order valence-electron chi connectivity index (χ0n) is 5.78. The summed E-state index contributed by atoms with van der Waals surface area (Å²) in [5.41, 5.74) is 0. The zero-order chi connectivity index (χ0) is 12.0. The van der Waals surface area contributed by atoms with E-state index in [-0.39, 0.29) is 0 Å². The minimum atomic E-state index is -4.95. The van der Waals surface area contributed by atoms with E-state index in [0.717, 1.165) is 0 Å². The van der Waals surface area contributed by atoms with Gasteiger partial charge in [-0.25, -0.2) is 0 Å². The molecule has 0 rings (SSSR count). The van der Waals surface area contributed by atoms with E-state index < -0.39 is 18.3 Å². The van der Waals surface area contributed by atoms with E-state index in [4.69, 9.17) is 46.4 Å². The summed E-state index contributed by atoms with van der Waals surface area (Å²) in [6, 6.07) is 0. The highest BCUT2D eigenvalue weighted by Crippen LogP contribution is 2.59. The molecule has 0 fully saturated rings. The lowest BCUT2D eigenvalue weighted by Crippen LogP contribution is -2.56. The summed E-state index contributed by atoms with van der Waals surface area (Å²) in [6.45, 7) is 0. The van der Waals surface area contributed by atoms with Crippen molar-refractivity contribution in [1.82, 2.24) is 0 Å². The third-order valence-corrected chi connectivity index (χ3v) is 3.05. The third kappa shape index (κ3) is 2.74. The van der Waals surface area contributed by atoms with Crippen molar-refractivity contribution in [3.05, 3.63) is 0 Å². The van der Waals surface area contributed by atoms with Crippen LogP contribution in [0.4, 0.5) is 17.6 Å². The quantitative estimate of drug-likeness (QED) is 0.415. The summed E-state index contributed by atoms with van der Waals surface area (Å²) in [7, 11) is 0. The second kappa shape index (κ2) is 4.26. The van der Waals surface area contributed by atoms with E-state index in [1.807, 2.05) is 0 Å². The molecule has 0 N–H and O–H groups in total. The summed E-state index contributed by atoms with van der Waals surface area (Å²) in [4.78, 5) is 0. The van der Waals surface area contributed by atoms with Crippen molar-refractivity contribution in [2.45, 2.75) is 18.3 Å². The first-order valence-corrected chi connectivity index (χ1v) is 5.74. The highest BCUT2D eigenvalue weighted by molar-refractivity contribution is 9.26. The van der Waals surface area contributed by atoms with Crippen LogP contribution < -0.4 is 0 Å². The number of hydrogen-bond acceptors (Lipinski definition) is 0. The molecule has 14 heavy (non-hydrogen) atoms. The molecule has 0 aromatic rings. The Hall–Kier alpha value is 1.84.